The third-order valence-corrected chi connectivity index (χ3v) is 2.21. The van der Waals surface area contributed by atoms with Crippen LogP contribution in [0.25, 0.3) is 6.08 Å². The van der Waals surface area contributed by atoms with Crippen molar-refractivity contribution in [3.05, 3.63) is 29.8 Å². The lowest BCUT2D eigenvalue weighted by Gasteiger charge is -2.08. The fourth-order valence-corrected chi connectivity index (χ4v) is 1.39. The van der Waals surface area contributed by atoms with Crippen LogP contribution in [-0.4, -0.2) is 18.4 Å². The zero-order valence-electron chi connectivity index (χ0n) is 9.20. The van der Waals surface area contributed by atoms with Crippen molar-refractivity contribution < 1.29 is 14.3 Å². The number of allylic oxidation sites excluding steroid dienone is 1. The van der Waals surface area contributed by atoms with Crippen molar-refractivity contribution in [2.24, 2.45) is 0 Å². The smallest absolute Gasteiger partial charge is 0.308 e. The summed E-state index contributed by atoms with van der Waals surface area (Å²) in [6.07, 6.45) is 3.93. The van der Waals surface area contributed by atoms with Crippen LogP contribution < -0.4 is 9.47 Å². The quantitative estimate of drug-likeness (QED) is 0.484. The van der Waals surface area contributed by atoms with Crippen molar-refractivity contribution in [3.63, 3.8) is 0 Å². The molecule has 1 rings (SSSR count). The minimum atomic E-state index is -0.359. The third kappa shape index (κ3) is 3.70. The van der Waals surface area contributed by atoms with Gasteiger partial charge < -0.3 is 9.47 Å². The van der Waals surface area contributed by atoms with E-state index in [0.29, 0.717) is 11.5 Å². The van der Waals surface area contributed by atoms with E-state index in [0.717, 1.165) is 10.9 Å². The largest absolute Gasteiger partial charge is 0.493 e. The van der Waals surface area contributed by atoms with Gasteiger partial charge in [-0.1, -0.05) is 34.1 Å². The maximum Gasteiger partial charge on any atom is 0.308 e. The van der Waals surface area contributed by atoms with Crippen LogP contribution in [0.5, 0.6) is 11.5 Å². The molecule has 0 amide bonds. The second kappa shape index (κ2) is 6.33. The Kier molecular flexibility index (Phi) is 5.05. The fourth-order valence-electron chi connectivity index (χ4n) is 1.21. The molecule has 0 spiro atoms. The lowest BCUT2D eigenvalue weighted by Crippen LogP contribution is -2.02. The highest BCUT2D eigenvalue weighted by Crippen LogP contribution is 2.28. The van der Waals surface area contributed by atoms with Gasteiger partial charge in [-0.25, -0.2) is 0 Å². The predicted molar refractivity (Wildman–Crippen MR) is 67.1 cm³/mol. The van der Waals surface area contributed by atoms with Gasteiger partial charge in [0.25, 0.3) is 0 Å². The molecule has 0 aromatic heterocycles. The summed E-state index contributed by atoms with van der Waals surface area (Å²) in [6.45, 7) is 1.36. The molecule has 0 unspecified atom stereocenters. The third-order valence-electron chi connectivity index (χ3n) is 1.84. The van der Waals surface area contributed by atoms with E-state index in [2.05, 4.69) is 15.9 Å². The summed E-state index contributed by atoms with van der Waals surface area (Å²) in [5.41, 5.74) is 0.993. The molecule has 0 heterocycles. The lowest BCUT2D eigenvalue weighted by atomic mass is 10.2. The zero-order valence-corrected chi connectivity index (χ0v) is 10.8. The summed E-state index contributed by atoms with van der Waals surface area (Å²) in [4.78, 5) is 10.8. The summed E-state index contributed by atoms with van der Waals surface area (Å²) in [7, 11) is 1.54. The van der Waals surface area contributed by atoms with Crippen molar-refractivity contribution in [2.45, 2.75) is 6.92 Å². The molecule has 0 N–H and O–H groups in total. The van der Waals surface area contributed by atoms with E-state index in [4.69, 9.17) is 9.47 Å². The van der Waals surface area contributed by atoms with Gasteiger partial charge in [0.1, 0.15) is 0 Å². The van der Waals surface area contributed by atoms with Crippen molar-refractivity contribution in [3.8, 4) is 11.5 Å². The molecule has 4 heteroatoms. The van der Waals surface area contributed by atoms with Crippen LogP contribution >= 0.6 is 15.9 Å². The van der Waals surface area contributed by atoms with Gasteiger partial charge in [-0.2, -0.15) is 0 Å². The number of halogens is 1. The molecule has 0 aliphatic carbocycles. The molecule has 1 aromatic carbocycles. The number of carbonyl (C=O) groups is 1. The molecule has 0 saturated carbocycles. The first-order valence-electron chi connectivity index (χ1n) is 4.76. The standard InChI is InChI=1S/C12H13BrO3/c1-9(14)16-11-6-5-10(4-3-7-13)8-12(11)15-2/h3-6,8H,7H2,1-2H3/b4-3+. The highest BCUT2D eigenvalue weighted by atomic mass is 79.9. The molecular formula is C12H13BrO3. The molecule has 86 valence electrons. The van der Waals surface area contributed by atoms with Crippen LogP contribution in [0.15, 0.2) is 24.3 Å². The summed E-state index contributed by atoms with van der Waals surface area (Å²) in [6, 6.07) is 5.39. The van der Waals surface area contributed by atoms with E-state index in [1.165, 1.54) is 6.92 Å². The average Bonchev–Trinajstić information content (AvgIpc) is 2.27. The van der Waals surface area contributed by atoms with Crippen molar-refractivity contribution in [1.82, 2.24) is 0 Å². The monoisotopic (exact) mass is 284 g/mol. The van der Waals surface area contributed by atoms with Gasteiger partial charge in [0.05, 0.1) is 7.11 Å². The zero-order chi connectivity index (χ0) is 12.0. The molecular weight excluding hydrogens is 272 g/mol. The van der Waals surface area contributed by atoms with E-state index >= 15 is 0 Å². The SMILES string of the molecule is COc1cc(/C=C/CBr)ccc1OC(C)=O. The van der Waals surface area contributed by atoms with Crippen LogP contribution in [0.3, 0.4) is 0 Å². The van der Waals surface area contributed by atoms with Gasteiger partial charge in [0.15, 0.2) is 11.5 Å². The molecule has 16 heavy (non-hydrogen) atoms. The number of hydrogen-bond donors (Lipinski definition) is 0. The Balaban J connectivity index is 2.96. The Labute approximate surface area is 103 Å². The average molecular weight is 285 g/mol. The molecule has 0 bridgehead atoms. The van der Waals surface area contributed by atoms with Crippen LogP contribution in [0, 0.1) is 0 Å². The van der Waals surface area contributed by atoms with Crippen molar-refractivity contribution in [2.75, 3.05) is 12.4 Å². The molecule has 3 nitrogen and oxygen atoms in total. The Bertz CT molecular complexity index is 399. The van der Waals surface area contributed by atoms with Gasteiger partial charge >= 0.3 is 5.97 Å². The first kappa shape index (κ1) is 12.8. The Hall–Kier alpha value is -1.29. The first-order chi connectivity index (χ1) is 7.67. The van der Waals surface area contributed by atoms with E-state index in [9.17, 15) is 4.79 Å². The molecule has 0 fully saturated rings. The topological polar surface area (TPSA) is 35.5 Å². The van der Waals surface area contributed by atoms with Crippen molar-refractivity contribution in [1.29, 1.82) is 0 Å². The van der Waals surface area contributed by atoms with E-state index in [-0.39, 0.29) is 5.97 Å². The van der Waals surface area contributed by atoms with Gasteiger partial charge in [-0.05, 0) is 17.7 Å². The number of benzene rings is 1. The number of carbonyl (C=O) groups excluding carboxylic acids is 1. The molecule has 1 aromatic rings. The summed E-state index contributed by atoms with van der Waals surface area (Å²) < 4.78 is 10.1. The molecule has 0 atom stereocenters. The normalized spacial score (nSPS) is 10.4. The minimum absolute atomic E-state index is 0.359. The summed E-state index contributed by atoms with van der Waals surface area (Å²) in [5, 5.41) is 0.793. The highest BCUT2D eigenvalue weighted by molar-refractivity contribution is 9.09. The lowest BCUT2D eigenvalue weighted by molar-refractivity contribution is -0.132. The number of esters is 1. The predicted octanol–water partition coefficient (Wildman–Crippen LogP) is 3.03. The van der Waals surface area contributed by atoms with E-state index < -0.39 is 0 Å². The van der Waals surface area contributed by atoms with Gasteiger partial charge in [-0.15, -0.1) is 0 Å². The van der Waals surface area contributed by atoms with E-state index in [1.807, 2.05) is 24.3 Å². The Morgan fingerprint density at radius 1 is 1.44 bits per heavy atom. The maximum atomic E-state index is 10.8. The van der Waals surface area contributed by atoms with Gasteiger partial charge in [-0.3, -0.25) is 4.79 Å². The van der Waals surface area contributed by atoms with Gasteiger partial charge in [0, 0.05) is 12.3 Å². The van der Waals surface area contributed by atoms with Gasteiger partial charge in [0.2, 0.25) is 0 Å². The number of alkyl halides is 1. The molecule has 0 radical (unpaired) electrons. The molecule has 0 aliphatic rings. The second-order valence-corrected chi connectivity index (χ2v) is 3.71. The first-order valence-corrected chi connectivity index (χ1v) is 5.88. The van der Waals surface area contributed by atoms with Crippen LogP contribution in [0.1, 0.15) is 12.5 Å². The molecule has 0 saturated heterocycles. The second-order valence-electron chi connectivity index (χ2n) is 3.06. The fraction of sp³-hybridized carbons (Fsp3) is 0.250. The Morgan fingerprint density at radius 3 is 2.75 bits per heavy atom. The number of ether oxygens (including phenoxy) is 2. The summed E-state index contributed by atoms with van der Waals surface area (Å²) >= 11 is 3.30. The van der Waals surface area contributed by atoms with Crippen LogP contribution in [0.4, 0.5) is 0 Å². The highest BCUT2D eigenvalue weighted by Gasteiger charge is 2.06. The van der Waals surface area contributed by atoms with E-state index in [1.54, 1.807) is 13.2 Å². The van der Waals surface area contributed by atoms with Crippen LogP contribution in [-0.2, 0) is 4.79 Å². The number of hydrogen-bond acceptors (Lipinski definition) is 3. The maximum absolute atomic E-state index is 10.8. The molecule has 0 aliphatic heterocycles. The van der Waals surface area contributed by atoms with Crippen LogP contribution in [0.2, 0.25) is 0 Å². The summed E-state index contributed by atoms with van der Waals surface area (Å²) in [5.74, 6) is 0.625. The number of rotatable bonds is 4. The Morgan fingerprint density at radius 2 is 2.19 bits per heavy atom. The van der Waals surface area contributed by atoms with Crippen molar-refractivity contribution >= 4 is 28.0 Å². The minimum Gasteiger partial charge on any atom is -0.493 e. The number of methoxy groups -OCH3 is 1.